The average Bonchev–Trinajstić information content (AvgIpc) is 3.60. The van der Waals surface area contributed by atoms with E-state index in [0.717, 1.165) is 17.1 Å². The van der Waals surface area contributed by atoms with Crippen LogP contribution in [0.3, 0.4) is 0 Å². The molecule has 56 heavy (non-hydrogen) atoms. The lowest BCUT2D eigenvalue weighted by molar-refractivity contribution is 1.28. The maximum atomic E-state index is 2.40. The summed E-state index contributed by atoms with van der Waals surface area (Å²) in [5.41, 5.74) is 13.3. The molecule has 2 heteroatoms. The summed E-state index contributed by atoms with van der Waals surface area (Å²) in [5.74, 6) is 0. The van der Waals surface area contributed by atoms with Crippen LogP contribution in [-0.4, -0.2) is 8.07 Å². The van der Waals surface area contributed by atoms with E-state index in [9.17, 15) is 0 Å². The van der Waals surface area contributed by atoms with Crippen LogP contribution < -0.4 is 25.6 Å². The Kier molecular flexibility index (Phi) is 8.59. The second-order valence-electron chi connectivity index (χ2n) is 14.5. The molecule has 264 valence electrons. The molecule has 1 aliphatic heterocycles. The first-order valence-corrected chi connectivity index (χ1v) is 21.3. The standard InChI is InChI=1S/C54H39NSi/c1-5-17-40(18-6-1)42-31-35-45(36-32-42)55(47-22-15-21-44(39-47)41-19-7-2-8-20-41)46-37-33-43(34-38-46)50-28-16-30-53-54(50)51-27-13-14-29-52(51)56(53,48-23-9-3-10-24-48)49-25-11-4-12-26-49/h1-39H. The van der Waals surface area contributed by atoms with Gasteiger partial charge in [0.1, 0.15) is 0 Å². The third-order valence-corrected chi connectivity index (χ3v) is 16.2. The molecular weight excluding hydrogens is 691 g/mol. The molecule has 1 heterocycles. The molecule has 0 aliphatic carbocycles. The highest BCUT2D eigenvalue weighted by Crippen LogP contribution is 2.41. The van der Waals surface area contributed by atoms with Gasteiger partial charge < -0.3 is 4.90 Å². The molecule has 1 nitrogen and oxygen atoms in total. The van der Waals surface area contributed by atoms with Crippen LogP contribution in [0.5, 0.6) is 0 Å². The van der Waals surface area contributed by atoms with Gasteiger partial charge in [0.05, 0.1) is 0 Å². The van der Waals surface area contributed by atoms with Crippen molar-refractivity contribution in [2.24, 2.45) is 0 Å². The summed E-state index contributed by atoms with van der Waals surface area (Å²) >= 11 is 0. The SMILES string of the molecule is c1ccc(-c2ccc(N(c3ccc(-c4cccc5c4-c4ccccc4[Si]5(c4ccccc4)c4ccccc4)cc3)c3cccc(-c4ccccc4)c3)cc2)cc1. The number of benzene rings is 9. The van der Waals surface area contributed by atoms with Crippen LogP contribution in [0, 0.1) is 0 Å². The van der Waals surface area contributed by atoms with Crippen molar-refractivity contribution in [3.05, 3.63) is 237 Å². The fourth-order valence-corrected chi connectivity index (χ4v) is 14.1. The van der Waals surface area contributed by atoms with Gasteiger partial charge >= 0.3 is 0 Å². The zero-order valence-corrected chi connectivity index (χ0v) is 32.0. The van der Waals surface area contributed by atoms with Crippen LogP contribution >= 0.6 is 0 Å². The van der Waals surface area contributed by atoms with E-state index in [1.807, 2.05) is 0 Å². The van der Waals surface area contributed by atoms with E-state index in [4.69, 9.17) is 0 Å². The first kappa shape index (κ1) is 33.6. The highest BCUT2D eigenvalue weighted by Gasteiger charge is 2.49. The smallest absolute Gasteiger partial charge is 0.180 e. The van der Waals surface area contributed by atoms with Crippen LogP contribution in [0.25, 0.3) is 44.5 Å². The molecule has 0 spiro atoms. The average molecular weight is 730 g/mol. The lowest BCUT2D eigenvalue weighted by atomic mass is 9.94. The summed E-state index contributed by atoms with van der Waals surface area (Å²) in [6.45, 7) is 0. The Morgan fingerprint density at radius 3 is 1.30 bits per heavy atom. The summed E-state index contributed by atoms with van der Waals surface area (Å²) in [4.78, 5) is 2.37. The number of rotatable bonds is 8. The number of nitrogens with zero attached hydrogens (tertiary/aromatic N) is 1. The molecule has 0 aromatic heterocycles. The van der Waals surface area contributed by atoms with Gasteiger partial charge in [0.15, 0.2) is 8.07 Å². The molecule has 0 unspecified atom stereocenters. The molecule has 1 aliphatic rings. The molecule has 0 saturated heterocycles. The zero-order chi connectivity index (χ0) is 37.3. The van der Waals surface area contributed by atoms with E-state index < -0.39 is 8.07 Å². The topological polar surface area (TPSA) is 3.24 Å². The molecule has 9 aromatic carbocycles. The quantitative estimate of drug-likeness (QED) is 0.141. The molecule has 9 aromatic rings. The van der Waals surface area contributed by atoms with Gasteiger partial charge in [0, 0.05) is 17.1 Å². The molecule has 10 rings (SSSR count). The van der Waals surface area contributed by atoms with Gasteiger partial charge in [-0.15, -0.1) is 0 Å². The molecule has 0 N–H and O–H groups in total. The summed E-state index contributed by atoms with van der Waals surface area (Å²) < 4.78 is 0. The minimum Gasteiger partial charge on any atom is -0.310 e. The number of fused-ring (bicyclic) bond motifs is 3. The predicted molar refractivity (Wildman–Crippen MR) is 240 cm³/mol. The van der Waals surface area contributed by atoms with Gasteiger partial charge in [-0.05, 0) is 102 Å². The first-order chi connectivity index (χ1) is 27.8. The molecule has 0 atom stereocenters. The maximum Gasteiger partial charge on any atom is 0.180 e. The van der Waals surface area contributed by atoms with E-state index in [1.165, 1.54) is 65.3 Å². The van der Waals surface area contributed by atoms with Gasteiger partial charge in [-0.3, -0.25) is 0 Å². The van der Waals surface area contributed by atoms with Gasteiger partial charge in [-0.1, -0.05) is 200 Å². The molecule has 0 bridgehead atoms. The van der Waals surface area contributed by atoms with Crippen LogP contribution in [0.4, 0.5) is 17.1 Å². The number of hydrogen-bond donors (Lipinski definition) is 0. The lowest BCUT2D eigenvalue weighted by Gasteiger charge is -2.31. The molecule has 0 amide bonds. The van der Waals surface area contributed by atoms with Crippen molar-refractivity contribution in [3.8, 4) is 44.5 Å². The lowest BCUT2D eigenvalue weighted by Crippen LogP contribution is -2.72. The Labute approximate surface area is 330 Å². The Balaban J connectivity index is 1.11. The van der Waals surface area contributed by atoms with Gasteiger partial charge in [0.25, 0.3) is 0 Å². The van der Waals surface area contributed by atoms with Gasteiger partial charge in [-0.2, -0.15) is 0 Å². The van der Waals surface area contributed by atoms with Gasteiger partial charge in [0.2, 0.25) is 0 Å². The normalized spacial score (nSPS) is 12.4. The Morgan fingerprint density at radius 2 is 0.696 bits per heavy atom. The van der Waals surface area contributed by atoms with E-state index >= 15 is 0 Å². The second-order valence-corrected chi connectivity index (χ2v) is 18.2. The highest BCUT2D eigenvalue weighted by molar-refractivity contribution is 7.22. The van der Waals surface area contributed by atoms with Gasteiger partial charge in [-0.25, -0.2) is 0 Å². The van der Waals surface area contributed by atoms with Crippen molar-refractivity contribution >= 4 is 45.9 Å². The summed E-state index contributed by atoms with van der Waals surface area (Å²) in [6.07, 6.45) is 0. The first-order valence-electron chi connectivity index (χ1n) is 19.3. The van der Waals surface area contributed by atoms with E-state index in [0.29, 0.717) is 0 Å². The van der Waals surface area contributed by atoms with E-state index in [-0.39, 0.29) is 0 Å². The highest BCUT2D eigenvalue weighted by atomic mass is 28.3. The summed E-state index contributed by atoms with van der Waals surface area (Å²) in [5, 5.41) is 5.74. The van der Waals surface area contributed by atoms with Crippen molar-refractivity contribution in [1.82, 2.24) is 0 Å². The second kappa shape index (κ2) is 14.3. The zero-order valence-electron chi connectivity index (χ0n) is 31.0. The maximum absolute atomic E-state index is 2.58. The van der Waals surface area contributed by atoms with Crippen LogP contribution in [0.15, 0.2) is 237 Å². The van der Waals surface area contributed by atoms with Crippen molar-refractivity contribution < 1.29 is 0 Å². The monoisotopic (exact) mass is 729 g/mol. The number of hydrogen-bond acceptors (Lipinski definition) is 1. The van der Waals surface area contributed by atoms with Crippen LogP contribution in [-0.2, 0) is 0 Å². The summed E-state index contributed by atoms with van der Waals surface area (Å²) in [6, 6.07) is 86.8. The van der Waals surface area contributed by atoms with E-state index in [2.05, 4.69) is 241 Å². The molecular formula is C54H39NSi. The largest absolute Gasteiger partial charge is 0.310 e. The number of anilines is 3. The Bertz CT molecular complexity index is 2720. The fourth-order valence-electron chi connectivity index (χ4n) is 8.86. The molecule has 0 radical (unpaired) electrons. The van der Waals surface area contributed by atoms with Crippen LogP contribution in [0.2, 0.25) is 0 Å². The van der Waals surface area contributed by atoms with Crippen molar-refractivity contribution in [3.63, 3.8) is 0 Å². The molecule has 0 saturated carbocycles. The fraction of sp³-hybridized carbons (Fsp3) is 0. The van der Waals surface area contributed by atoms with Crippen molar-refractivity contribution in [2.75, 3.05) is 4.90 Å². The third-order valence-electron chi connectivity index (χ3n) is 11.4. The Morgan fingerprint density at radius 1 is 0.268 bits per heavy atom. The minimum absolute atomic E-state index is 1.11. The third kappa shape index (κ3) is 5.71. The van der Waals surface area contributed by atoms with Crippen LogP contribution in [0.1, 0.15) is 0 Å². The minimum atomic E-state index is -2.58. The molecule has 0 fully saturated rings. The van der Waals surface area contributed by atoms with E-state index in [1.54, 1.807) is 0 Å². The summed E-state index contributed by atoms with van der Waals surface area (Å²) in [7, 11) is -2.58. The van der Waals surface area contributed by atoms with Crippen molar-refractivity contribution in [2.45, 2.75) is 0 Å². The predicted octanol–water partition coefficient (Wildman–Crippen LogP) is 11.5. The van der Waals surface area contributed by atoms with Crippen molar-refractivity contribution in [1.29, 1.82) is 0 Å². The Hall–Kier alpha value is -7.00.